The molecule has 1 aliphatic rings. The van der Waals surface area contributed by atoms with Crippen molar-refractivity contribution in [2.45, 2.75) is 37.3 Å². The van der Waals surface area contributed by atoms with Crippen LogP contribution in [0.2, 0.25) is 0 Å². The molecule has 18 nitrogen and oxygen atoms in total. The third kappa shape index (κ3) is 8.02. The maximum atomic E-state index is 12.3. The molecular formula is C24H27N6O12P. The number of ether oxygens (including phenoxy) is 2. The topological polar surface area (TPSA) is 268 Å². The van der Waals surface area contributed by atoms with Crippen LogP contribution in [-0.4, -0.2) is 84.4 Å². The predicted octanol–water partition coefficient (Wildman–Crippen LogP) is -0.827. The molecule has 1 saturated heterocycles. The number of nitrogens with zero attached hydrogens (tertiary/aromatic N) is 3. The third-order valence-corrected chi connectivity index (χ3v) is 6.95. The van der Waals surface area contributed by atoms with E-state index in [1.54, 1.807) is 0 Å². The molecular weight excluding hydrogens is 595 g/mol. The molecule has 7 N–H and O–H groups in total. The molecule has 4 rings (SSSR count). The summed E-state index contributed by atoms with van der Waals surface area (Å²) in [6.07, 6.45) is -0.801. The number of nitrogens with one attached hydrogen (secondary N) is 2. The largest absolute Gasteiger partial charge is 0.529 e. The number of methoxy groups -OCH3 is 1. The first-order valence-electron chi connectivity index (χ1n) is 12.5. The van der Waals surface area contributed by atoms with Gasteiger partial charge in [0, 0.05) is 25.0 Å². The van der Waals surface area contributed by atoms with Gasteiger partial charge in [-0.15, -0.1) is 0 Å². The molecule has 0 bridgehead atoms. The lowest BCUT2D eigenvalue weighted by Gasteiger charge is -2.17. The Labute approximate surface area is 241 Å². The molecule has 0 aliphatic carbocycles. The molecule has 0 saturated carbocycles. The lowest BCUT2D eigenvalue weighted by molar-refractivity contribution is -0.144. The first-order valence-corrected chi connectivity index (χ1v) is 14.0. The van der Waals surface area contributed by atoms with E-state index in [0.29, 0.717) is 17.7 Å². The summed E-state index contributed by atoms with van der Waals surface area (Å²) < 4.78 is 33.1. The molecule has 19 heteroatoms. The molecule has 1 amide bonds. The molecule has 43 heavy (non-hydrogen) atoms. The Morgan fingerprint density at radius 3 is 2.72 bits per heavy atom. The summed E-state index contributed by atoms with van der Waals surface area (Å²) in [4.78, 5) is 68.6. The van der Waals surface area contributed by atoms with Gasteiger partial charge in [0.1, 0.15) is 17.9 Å². The van der Waals surface area contributed by atoms with Crippen LogP contribution in [0.1, 0.15) is 18.2 Å². The average molecular weight is 622 g/mol. The zero-order valence-electron chi connectivity index (χ0n) is 22.4. The van der Waals surface area contributed by atoms with Gasteiger partial charge in [0.25, 0.3) is 5.56 Å². The monoisotopic (exact) mass is 622 g/mol. The molecule has 230 valence electrons. The van der Waals surface area contributed by atoms with E-state index in [1.807, 2.05) is 0 Å². The first-order chi connectivity index (χ1) is 20.3. The molecule has 3 heterocycles. The van der Waals surface area contributed by atoms with Crippen molar-refractivity contribution in [1.29, 1.82) is 0 Å². The lowest BCUT2D eigenvalue weighted by Crippen LogP contribution is -2.42. The molecule has 3 aromatic rings. The number of hydrogen-bond donors (Lipinski definition) is 6. The molecule has 1 aromatic carbocycles. The van der Waals surface area contributed by atoms with E-state index in [0.717, 1.165) is 7.11 Å². The van der Waals surface area contributed by atoms with Crippen molar-refractivity contribution in [3.63, 3.8) is 0 Å². The number of nitrogens with two attached hydrogens (primary N) is 1. The highest BCUT2D eigenvalue weighted by atomic mass is 31.2. The number of anilines is 1. The number of rotatable bonds is 11. The van der Waals surface area contributed by atoms with Crippen LogP contribution in [0.25, 0.3) is 11.2 Å². The molecule has 1 aliphatic heterocycles. The number of aromatic nitrogens is 4. The Kier molecular flexibility index (Phi) is 9.57. The van der Waals surface area contributed by atoms with Crippen molar-refractivity contribution in [1.82, 2.24) is 24.8 Å². The van der Waals surface area contributed by atoms with Crippen LogP contribution in [0.4, 0.5) is 5.95 Å². The molecule has 0 radical (unpaired) electrons. The number of phenols is 1. The number of hydrogen-bond acceptors (Lipinski definition) is 14. The van der Waals surface area contributed by atoms with Gasteiger partial charge in [-0.25, -0.2) is 19.1 Å². The number of amides is 1. The van der Waals surface area contributed by atoms with Crippen LogP contribution < -0.4 is 16.6 Å². The third-order valence-electron chi connectivity index (χ3n) is 6.07. The molecule has 1 fully saturated rings. The van der Waals surface area contributed by atoms with Crippen LogP contribution in [0, 0.1) is 0 Å². The second-order valence-electron chi connectivity index (χ2n) is 9.19. The summed E-state index contributed by atoms with van der Waals surface area (Å²) in [5.41, 5.74) is 5.57. The number of phenolic OH excluding ortho intramolecular Hbond substituents is 1. The van der Waals surface area contributed by atoms with Crippen molar-refractivity contribution >= 4 is 42.8 Å². The fourth-order valence-electron chi connectivity index (χ4n) is 4.13. The Hall–Kier alpha value is -4.61. The number of aromatic amines is 1. The number of phosphoric acid groups is 1. The smallest absolute Gasteiger partial charge is 0.508 e. The minimum Gasteiger partial charge on any atom is -0.508 e. The van der Waals surface area contributed by atoms with E-state index >= 15 is 0 Å². The van der Waals surface area contributed by atoms with Crippen molar-refractivity contribution in [3.8, 4) is 5.75 Å². The normalized spacial score (nSPS) is 20.5. The zero-order valence-corrected chi connectivity index (χ0v) is 23.2. The predicted molar refractivity (Wildman–Crippen MR) is 144 cm³/mol. The quantitative estimate of drug-likeness (QED) is 0.0866. The fourth-order valence-corrected chi connectivity index (χ4v) is 4.83. The number of nitrogen functional groups attached to an aromatic ring is 1. The molecule has 1 unspecified atom stereocenters. The van der Waals surface area contributed by atoms with Crippen molar-refractivity contribution < 1.29 is 52.6 Å². The summed E-state index contributed by atoms with van der Waals surface area (Å²) in [6.45, 7) is -0.584. The summed E-state index contributed by atoms with van der Waals surface area (Å²) in [5.74, 6) is -3.26. The summed E-state index contributed by atoms with van der Waals surface area (Å²) in [6, 6.07) is 4.73. The minimum absolute atomic E-state index is 0.00930. The number of phosphoric ester groups is 1. The Balaban J connectivity index is 1.28. The number of imidazole rings is 1. The standard InChI is InChI=1S/C24H27N6O12P/c1-39-23(36)15(8-12-2-4-13(31)5-3-12)27-17(33)6-7-18(34)42-43(37,38)40-10-14-9-16(32)22(41-14)30-11-26-19-20(30)28-24(25)29-21(19)35/h2-7,11,14-16,22,31-32H,8-10H2,1H3,(H,27,33)(H,37,38)(H3,25,28,29,35)/b7-6+/t14-,15-,16+,22+/m0/s1. The van der Waals surface area contributed by atoms with E-state index in [9.17, 15) is 38.8 Å². The van der Waals surface area contributed by atoms with Gasteiger partial charge in [0.2, 0.25) is 11.9 Å². The van der Waals surface area contributed by atoms with E-state index in [2.05, 4.69) is 29.5 Å². The van der Waals surface area contributed by atoms with Gasteiger partial charge in [-0.05, 0) is 17.7 Å². The van der Waals surface area contributed by atoms with Gasteiger partial charge in [0.15, 0.2) is 17.4 Å². The van der Waals surface area contributed by atoms with Gasteiger partial charge < -0.3 is 35.3 Å². The van der Waals surface area contributed by atoms with Crippen molar-refractivity contribution in [2.24, 2.45) is 0 Å². The Morgan fingerprint density at radius 1 is 1.30 bits per heavy atom. The van der Waals surface area contributed by atoms with Crippen LogP contribution in [-0.2, 0) is 43.9 Å². The maximum absolute atomic E-state index is 12.3. The van der Waals surface area contributed by atoms with E-state index < -0.39 is 62.3 Å². The van der Waals surface area contributed by atoms with Gasteiger partial charge in [-0.2, -0.15) is 4.98 Å². The number of aliphatic hydroxyl groups excluding tert-OH is 1. The van der Waals surface area contributed by atoms with Gasteiger partial charge in [0.05, 0.1) is 26.1 Å². The Bertz CT molecular complexity index is 1640. The number of benzene rings is 1. The van der Waals surface area contributed by atoms with Crippen LogP contribution in [0.5, 0.6) is 5.75 Å². The highest BCUT2D eigenvalue weighted by Gasteiger charge is 2.38. The van der Waals surface area contributed by atoms with Crippen molar-refractivity contribution in [3.05, 3.63) is 58.7 Å². The number of esters is 1. The molecule has 0 spiro atoms. The van der Waals surface area contributed by atoms with Gasteiger partial charge in [-0.1, -0.05) is 12.1 Å². The summed E-state index contributed by atoms with van der Waals surface area (Å²) >= 11 is 0. The van der Waals surface area contributed by atoms with E-state index in [-0.39, 0.29) is 35.7 Å². The number of aromatic hydroxyl groups is 1. The molecule has 2 aromatic heterocycles. The number of fused-ring (bicyclic) bond motifs is 1. The molecule has 5 atom stereocenters. The number of aliphatic hydroxyl groups is 1. The van der Waals surface area contributed by atoms with Crippen LogP contribution in [0.3, 0.4) is 0 Å². The minimum atomic E-state index is -4.99. The van der Waals surface area contributed by atoms with Crippen LogP contribution in [0.15, 0.2) is 47.5 Å². The summed E-state index contributed by atoms with van der Waals surface area (Å²) in [5, 5.41) is 22.2. The van der Waals surface area contributed by atoms with E-state index in [4.69, 9.17) is 15.0 Å². The maximum Gasteiger partial charge on any atom is 0.529 e. The highest BCUT2D eigenvalue weighted by molar-refractivity contribution is 7.48. The van der Waals surface area contributed by atoms with Gasteiger partial charge in [-0.3, -0.25) is 28.6 Å². The second kappa shape index (κ2) is 13.1. The SMILES string of the molecule is COC(=O)[C@H](Cc1ccc(O)cc1)NC(=O)/C=C/C(=O)OP(=O)(O)OC[C@@H]1C[C@@H](O)[C@H](n2cnc3c(=O)[nH]c(N)nc32)O1. The number of H-pyrrole nitrogens is 1. The van der Waals surface area contributed by atoms with E-state index in [1.165, 1.54) is 35.2 Å². The highest BCUT2D eigenvalue weighted by Crippen LogP contribution is 2.44. The average Bonchev–Trinajstić information content (AvgIpc) is 3.53. The number of carbonyl (C=O) groups excluding carboxylic acids is 3. The second-order valence-corrected chi connectivity index (χ2v) is 10.6. The fraction of sp³-hybridized carbons (Fsp3) is 0.333. The van der Waals surface area contributed by atoms with Gasteiger partial charge >= 0.3 is 19.8 Å². The summed E-state index contributed by atoms with van der Waals surface area (Å²) in [7, 11) is -3.87. The zero-order chi connectivity index (χ0) is 31.3. The van der Waals surface area contributed by atoms with Crippen LogP contribution >= 0.6 is 7.82 Å². The lowest BCUT2D eigenvalue weighted by atomic mass is 10.1. The Morgan fingerprint density at radius 2 is 2.02 bits per heavy atom. The van der Waals surface area contributed by atoms with Crippen molar-refractivity contribution in [2.75, 3.05) is 19.5 Å². The number of carbonyl (C=O) groups is 3. The first kappa shape index (κ1) is 31.3.